The number of carbonyl (C=O) groups excluding carboxylic acids is 2. The first-order chi connectivity index (χ1) is 7.34. The summed E-state index contributed by atoms with van der Waals surface area (Å²) in [6, 6.07) is 3.41. The van der Waals surface area contributed by atoms with Crippen molar-refractivity contribution < 1.29 is 9.59 Å². The molecule has 0 spiro atoms. The van der Waals surface area contributed by atoms with Crippen molar-refractivity contribution in [3.8, 4) is 0 Å². The molecule has 0 saturated heterocycles. The van der Waals surface area contributed by atoms with Crippen LogP contribution in [0.2, 0.25) is 0 Å². The molecule has 0 heterocycles. The van der Waals surface area contributed by atoms with E-state index in [0.717, 1.165) is 4.47 Å². The highest BCUT2D eigenvalue weighted by atomic mass is 79.9. The topological polar surface area (TPSA) is 86.2 Å². The first-order valence-corrected chi connectivity index (χ1v) is 6.45. The number of rotatable bonds is 3. The van der Waals surface area contributed by atoms with E-state index in [1.807, 2.05) is 0 Å². The normalized spacial score (nSPS) is 10.5. The Morgan fingerprint density at radius 2 is 1.38 bits per heavy atom. The van der Waals surface area contributed by atoms with E-state index in [1.54, 1.807) is 12.1 Å². The maximum atomic E-state index is 11.2. The molecule has 0 aromatic heterocycles. The van der Waals surface area contributed by atoms with Gasteiger partial charge in [0.15, 0.2) is 0 Å². The van der Waals surface area contributed by atoms with Gasteiger partial charge in [0.1, 0.15) is 5.92 Å². The van der Waals surface area contributed by atoms with Crippen molar-refractivity contribution in [2.75, 3.05) is 0 Å². The van der Waals surface area contributed by atoms with Gasteiger partial charge in [-0.3, -0.25) is 9.59 Å². The van der Waals surface area contributed by atoms with Gasteiger partial charge in [0.2, 0.25) is 11.8 Å². The summed E-state index contributed by atoms with van der Waals surface area (Å²) in [5.41, 5.74) is 10.7. The molecule has 1 rings (SSSR count). The number of carbonyl (C=O) groups is 2. The third kappa shape index (κ3) is 2.83. The maximum absolute atomic E-state index is 11.2. The third-order valence-corrected chi connectivity index (χ3v) is 3.67. The molecule has 2 amide bonds. The van der Waals surface area contributed by atoms with E-state index in [1.165, 1.54) is 0 Å². The van der Waals surface area contributed by atoms with Gasteiger partial charge < -0.3 is 11.5 Å². The van der Waals surface area contributed by atoms with E-state index in [4.69, 9.17) is 11.5 Å². The molecule has 16 heavy (non-hydrogen) atoms. The minimum absolute atomic E-state index is 0.434. The van der Waals surface area contributed by atoms with Crippen LogP contribution in [-0.4, -0.2) is 11.8 Å². The fourth-order valence-corrected chi connectivity index (χ4v) is 3.97. The molecule has 0 saturated carbocycles. The summed E-state index contributed by atoms with van der Waals surface area (Å²) in [5, 5.41) is 0. The Kier molecular flexibility index (Phi) is 4.52. The van der Waals surface area contributed by atoms with Gasteiger partial charge in [0.05, 0.1) is 0 Å². The Bertz CT molecular complexity index is 425. The standard InChI is InChI=1S/C9H7Br3N2O2/c10-3-1-4(11)6(5(12)2-3)7(8(13)15)9(14)16/h1-2,7H,(H2,13,15)(H2,14,16). The highest BCUT2D eigenvalue weighted by Gasteiger charge is 2.28. The van der Waals surface area contributed by atoms with Gasteiger partial charge in [0, 0.05) is 19.0 Å². The van der Waals surface area contributed by atoms with Crippen LogP contribution in [0.1, 0.15) is 11.5 Å². The molecule has 4 nitrogen and oxygen atoms in total. The largest absolute Gasteiger partial charge is 0.369 e. The van der Waals surface area contributed by atoms with Crippen molar-refractivity contribution in [1.82, 2.24) is 0 Å². The molecule has 0 aliphatic heterocycles. The van der Waals surface area contributed by atoms with Gasteiger partial charge in [0.25, 0.3) is 0 Å². The summed E-state index contributed by atoms with van der Waals surface area (Å²) in [4.78, 5) is 22.4. The second-order valence-electron chi connectivity index (χ2n) is 3.02. The van der Waals surface area contributed by atoms with Crippen LogP contribution in [0.5, 0.6) is 0 Å². The van der Waals surface area contributed by atoms with Crippen molar-refractivity contribution >= 4 is 59.6 Å². The van der Waals surface area contributed by atoms with Gasteiger partial charge >= 0.3 is 0 Å². The zero-order valence-electron chi connectivity index (χ0n) is 7.84. The lowest BCUT2D eigenvalue weighted by Gasteiger charge is -2.14. The number of halogens is 3. The van der Waals surface area contributed by atoms with Gasteiger partial charge in [-0.1, -0.05) is 47.8 Å². The van der Waals surface area contributed by atoms with Gasteiger partial charge in [-0.05, 0) is 12.1 Å². The zero-order valence-corrected chi connectivity index (χ0v) is 12.6. The molecule has 86 valence electrons. The predicted molar refractivity (Wildman–Crippen MR) is 70.7 cm³/mol. The summed E-state index contributed by atoms with van der Waals surface area (Å²) < 4.78 is 1.95. The Morgan fingerprint density at radius 1 is 1.00 bits per heavy atom. The highest BCUT2D eigenvalue weighted by molar-refractivity contribution is 9.11. The van der Waals surface area contributed by atoms with Crippen molar-refractivity contribution in [3.05, 3.63) is 31.1 Å². The van der Waals surface area contributed by atoms with E-state index < -0.39 is 17.7 Å². The van der Waals surface area contributed by atoms with Gasteiger partial charge in [-0.2, -0.15) is 0 Å². The number of nitrogens with two attached hydrogens (primary N) is 2. The average Bonchev–Trinajstić information content (AvgIpc) is 2.09. The molecule has 4 N–H and O–H groups in total. The molecule has 0 fully saturated rings. The summed E-state index contributed by atoms with van der Waals surface area (Å²) in [5.74, 6) is -2.72. The SMILES string of the molecule is NC(=O)C(C(N)=O)c1c(Br)cc(Br)cc1Br. The van der Waals surface area contributed by atoms with E-state index in [0.29, 0.717) is 14.5 Å². The number of hydrogen-bond acceptors (Lipinski definition) is 2. The van der Waals surface area contributed by atoms with E-state index in [9.17, 15) is 9.59 Å². The van der Waals surface area contributed by atoms with E-state index in [2.05, 4.69) is 47.8 Å². The van der Waals surface area contributed by atoms with Crippen LogP contribution >= 0.6 is 47.8 Å². The Balaban J connectivity index is 3.41. The van der Waals surface area contributed by atoms with E-state index >= 15 is 0 Å². The molecule has 0 unspecified atom stereocenters. The fourth-order valence-electron chi connectivity index (χ4n) is 1.25. The number of amides is 2. The zero-order chi connectivity index (χ0) is 12.5. The van der Waals surface area contributed by atoms with Crippen LogP contribution in [0, 0.1) is 0 Å². The smallest absolute Gasteiger partial charge is 0.234 e. The molecule has 1 aromatic rings. The molecular weight excluding hydrogens is 408 g/mol. The quantitative estimate of drug-likeness (QED) is 0.741. The first-order valence-electron chi connectivity index (χ1n) is 4.07. The minimum Gasteiger partial charge on any atom is -0.369 e. The van der Waals surface area contributed by atoms with Gasteiger partial charge in [-0.15, -0.1) is 0 Å². The summed E-state index contributed by atoms with van der Waals surface area (Å²) >= 11 is 9.80. The highest BCUT2D eigenvalue weighted by Crippen LogP contribution is 2.35. The van der Waals surface area contributed by atoms with E-state index in [-0.39, 0.29) is 0 Å². The lowest BCUT2D eigenvalue weighted by molar-refractivity contribution is -0.128. The summed E-state index contributed by atoms with van der Waals surface area (Å²) in [6.45, 7) is 0. The number of benzene rings is 1. The van der Waals surface area contributed by atoms with Crippen molar-refractivity contribution in [2.45, 2.75) is 5.92 Å². The lowest BCUT2D eigenvalue weighted by atomic mass is 9.98. The van der Waals surface area contributed by atoms with Crippen LogP contribution in [0.3, 0.4) is 0 Å². The Hall–Kier alpha value is -0.400. The maximum Gasteiger partial charge on any atom is 0.234 e. The molecule has 7 heteroatoms. The Labute approximate surface area is 117 Å². The monoisotopic (exact) mass is 412 g/mol. The fraction of sp³-hybridized carbons (Fsp3) is 0.111. The van der Waals surface area contributed by atoms with Crippen LogP contribution < -0.4 is 11.5 Å². The Morgan fingerprint density at radius 3 is 1.69 bits per heavy atom. The van der Waals surface area contributed by atoms with Crippen molar-refractivity contribution in [2.24, 2.45) is 11.5 Å². The molecule has 0 radical (unpaired) electrons. The minimum atomic E-state index is -1.16. The second-order valence-corrected chi connectivity index (χ2v) is 5.65. The van der Waals surface area contributed by atoms with Crippen molar-refractivity contribution in [3.63, 3.8) is 0 Å². The molecule has 0 bridgehead atoms. The summed E-state index contributed by atoms with van der Waals surface area (Å²) in [6.07, 6.45) is 0. The predicted octanol–water partition coefficient (Wildman–Crippen LogP) is 2.03. The van der Waals surface area contributed by atoms with Crippen LogP contribution in [0.4, 0.5) is 0 Å². The third-order valence-electron chi connectivity index (χ3n) is 1.90. The van der Waals surface area contributed by atoms with Crippen LogP contribution in [0.15, 0.2) is 25.6 Å². The first kappa shape index (κ1) is 13.7. The van der Waals surface area contributed by atoms with Crippen LogP contribution in [-0.2, 0) is 9.59 Å². The molecule has 0 atom stereocenters. The molecule has 1 aromatic carbocycles. The lowest BCUT2D eigenvalue weighted by Crippen LogP contribution is -2.33. The van der Waals surface area contributed by atoms with Gasteiger partial charge in [-0.25, -0.2) is 0 Å². The molecular formula is C9H7Br3N2O2. The molecule has 0 aliphatic carbocycles. The van der Waals surface area contributed by atoms with Crippen LogP contribution in [0.25, 0.3) is 0 Å². The molecule has 0 aliphatic rings. The number of hydrogen-bond donors (Lipinski definition) is 2. The second kappa shape index (κ2) is 5.29. The average molecular weight is 415 g/mol. The summed E-state index contributed by atoms with van der Waals surface area (Å²) in [7, 11) is 0. The van der Waals surface area contributed by atoms with Crippen molar-refractivity contribution in [1.29, 1.82) is 0 Å². The number of primary amides is 2.